The van der Waals surface area contributed by atoms with Gasteiger partial charge in [0.15, 0.2) is 0 Å². The fraction of sp³-hybridized carbons (Fsp3) is 0.480. The smallest absolute Gasteiger partial charge is 0.258 e. The highest BCUT2D eigenvalue weighted by Gasteiger charge is 2.43. The van der Waals surface area contributed by atoms with Crippen molar-refractivity contribution < 1.29 is 19.0 Å². The molecule has 2 aromatic rings. The molecule has 6 nitrogen and oxygen atoms in total. The fourth-order valence-corrected chi connectivity index (χ4v) is 4.78. The van der Waals surface area contributed by atoms with Crippen LogP contribution in [0, 0.1) is 0 Å². The second kappa shape index (κ2) is 8.52. The third-order valence-electron chi connectivity index (χ3n) is 6.61. The van der Waals surface area contributed by atoms with Gasteiger partial charge < -0.3 is 24.4 Å². The number of nitrogens with zero attached hydrogens (tertiary/aromatic N) is 1. The zero-order chi connectivity index (χ0) is 21.3. The van der Waals surface area contributed by atoms with Crippen LogP contribution in [0.5, 0.6) is 5.75 Å². The van der Waals surface area contributed by atoms with Gasteiger partial charge in [-0.2, -0.15) is 0 Å². The summed E-state index contributed by atoms with van der Waals surface area (Å²) in [6.07, 6.45) is 4.45. The number of benzene rings is 2. The Kier molecular flexibility index (Phi) is 5.59. The summed E-state index contributed by atoms with van der Waals surface area (Å²) in [7, 11) is 0. The molecular weight excluding hydrogens is 392 g/mol. The van der Waals surface area contributed by atoms with Crippen LogP contribution in [-0.4, -0.2) is 49.4 Å². The van der Waals surface area contributed by atoms with E-state index in [2.05, 4.69) is 12.2 Å². The molecule has 2 saturated heterocycles. The largest absolute Gasteiger partial charge is 0.491 e. The van der Waals surface area contributed by atoms with Crippen molar-refractivity contribution in [3.05, 3.63) is 59.7 Å². The van der Waals surface area contributed by atoms with Crippen LogP contribution in [-0.2, 0) is 15.1 Å². The van der Waals surface area contributed by atoms with Crippen LogP contribution in [0.4, 0.5) is 5.69 Å². The van der Waals surface area contributed by atoms with E-state index in [4.69, 9.17) is 14.2 Å². The Morgan fingerprint density at radius 2 is 1.74 bits per heavy atom. The summed E-state index contributed by atoms with van der Waals surface area (Å²) in [6, 6.07) is 15.8. The molecule has 2 fully saturated rings. The average Bonchev–Trinajstić information content (AvgIpc) is 3.50. The number of carbonyl (C=O) groups excluding carboxylic acids is 1. The lowest BCUT2D eigenvalue weighted by molar-refractivity contribution is 0.0242. The third kappa shape index (κ3) is 4.02. The van der Waals surface area contributed by atoms with Crippen LogP contribution in [0.1, 0.15) is 48.5 Å². The first-order valence-electron chi connectivity index (χ1n) is 11.3. The first-order chi connectivity index (χ1) is 15.1. The van der Waals surface area contributed by atoms with Crippen LogP contribution >= 0.6 is 0 Å². The molecule has 1 amide bonds. The first kappa shape index (κ1) is 20.3. The predicted molar refractivity (Wildman–Crippen MR) is 118 cm³/mol. The van der Waals surface area contributed by atoms with Crippen LogP contribution < -0.4 is 10.1 Å². The van der Waals surface area contributed by atoms with Crippen molar-refractivity contribution in [2.75, 3.05) is 31.7 Å². The number of carbonyl (C=O) groups is 1. The third-order valence-corrected chi connectivity index (χ3v) is 6.61. The van der Waals surface area contributed by atoms with Gasteiger partial charge in [0, 0.05) is 25.4 Å². The Bertz CT molecular complexity index is 919. The Balaban J connectivity index is 1.40. The molecule has 5 rings (SSSR count). The summed E-state index contributed by atoms with van der Waals surface area (Å²) in [5.74, 6) is 0.849. The van der Waals surface area contributed by atoms with Crippen LogP contribution in [0.3, 0.4) is 0 Å². The van der Waals surface area contributed by atoms with Crippen molar-refractivity contribution in [1.82, 2.24) is 4.90 Å². The minimum absolute atomic E-state index is 0.0334. The SMILES string of the molecule is CC1(c2ccc(OCC3CCCO3)cc2)Nc2ccccc2C(=O)N1CC1CCCO1. The van der Waals surface area contributed by atoms with Gasteiger partial charge in [0.25, 0.3) is 5.91 Å². The van der Waals surface area contributed by atoms with E-state index in [0.717, 1.165) is 55.9 Å². The van der Waals surface area contributed by atoms with Crippen LogP contribution in [0.15, 0.2) is 48.5 Å². The monoisotopic (exact) mass is 422 g/mol. The van der Waals surface area contributed by atoms with Gasteiger partial charge in [-0.3, -0.25) is 4.79 Å². The van der Waals surface area contributed by atoms with E-state index >= 15 is 0 Å². The number of amides is 1. The zero-order valence-corrected chi connectivity index (χ0v) is 18.0. The predicted octanol–water partition coefficient (Wildman–Crippen LogP) is 4.16. The second-order valence-corrected chi connectivity index (χ2v) is 8.76. The first-order valence-corrected chi connectivity index (χ1v) is 11.3. The van der Waals surface area contributed by atoms with Crippen molar-refractivity contribution in [1.29, 1.82) is 0 Å². The number of hydrogen-bond donors (Lipinski definition) is 1. The number of nitrogens with one attached hydrogen (secondary N) is 1. The van der Waals surface area contributed by atoms with Gasteiger partial charge in [-0.1, -0.05) is 24.3 Å². The Hall–Kier alpha value is -2.57. The lowest BCUT2D eigenvalue weighted by Crippen LogP contribution is -2.57. The van der Waals surface area contributed by atoms with E-state index in [1.807, 2.05) is 53.4 Å². The highest BCUT2D eigenvalue weighted by molar-refractivity contribution is 6.02. The highest BCUT2D eigenvalue weighted by Crippen LogP contribution is 2.39. The second-order valence-electron chi connectivity index (χ2n) is 8.76. The van der Waals surface area contributed by atoms with Gasteiger partial charge in [-0.15, -0.1) is 0 Å². The maximum atomic E-state index is 13.5. The molecule has 3 aliphatic heterocycles. The number of para-hydroxylation sites is 1. The van der Waals surface area contributed by atoms with E-state index in [0.29, 0.717) is 18.7 Å². The topological polar surface area (TPSA) is 60.0 Å². The normalized spacial score (nSPS) is 27.8. The van der Waals surface area contributed by atoms with Gasteiger partial charge in [0.1, 0.15) is 18.0 Å². The van der Waals surface area contributed by atoms with Crippen molar-refractivity contribution >= 4 is 11.6 Å². The quantitative estimate of drug-likeness (QED) is 0.757. The van der Waals surface area contributed by atoms with Crippen molar-refractivity contribution in [3.63, 3.8) is 0 Å². The number of rotatable bonds is 6. The van der Waals surface area contributed by atoms with E-state index in [-0.39, 0.29) is 18.1 Å². The Morgan fingerprint density at radius 3 is 2.45 bits per heavy atom. The summed E-state index contributed by atoms with van der Waals surface area (Å²) >= 11 is 0. The molecule has 2 aromatic carbocycles. The molecule has 0 bridgehead atoms. The Labute approximate surface area is 183 Å². The lowest BCUT2D eigenvalue weighted by Gasteiger charge is -2.47. The average molecular weight is 423 g/mol. The molecule has 1 N–H and O–H groups in total. The Morgan fingerprint density at radius 1 is 1.03 bits per heavy atom. The molecule has 0 saturated carbocycles. The molecule has 0 radical (unpaired) electrons. The van der Waals surface area contributed by atoms with E-state index in [1.54, 1.807) is 0 Å². The minimum Gasteiger partial charge on any atom is -0.491 e. The molecule has 31 heavy (non-hydrogen) atoms. The molecular formula is C25H30N2O4. The fourth-order valence-electron chi connectivity index (χ4n) is 4.78. The number of ether oxygens (including phenoxy) is 3. The van der Waals surface area contributed by atoms with Crippen LogP contribution in [0.2, 0.25) is 0 Å². The summed E-state index contributed by atoms with van der Waals surface area (Å²) in [5.41, 5.74) is 1.90. The molecule has 3 atom stereocenters. The maximum Gasteiger partial charge on any atom is 0.258 e. The van der Waals surface area contributed by atoms with Gasteiger partial charge in [0.2, 0.25) is 0 Å². The molecule has 3 aliphatic rings. The minimum atomic E-state index is -0.676. The van der Waals surface area contributed by atoms with Gasteiger partial charge >= 0.3 is 0 Å². The van der Waals surface area contributed by atoms with E-state index in [1.165, 1.54) is 0 Å². The summed E-state index contributed by atoms with van der Waals surface area (Å²) in [6.45, 7) is 4.80. The standard InChI is InChI=1S/C25H30N2O4/c1-25(18-10-12-19(13-11-18)31-17-21-7-5-15-30-21)26-23-9-3-2-8-22(23)24(28)27(25)16-20-6-4-14-29-20/h2-3,8-13,20-21,26H,4-7,14-17H2,1H3. The van der Waals surface area contributed by atoms with Crippen LogP contribution in [0.25, 0.3) is 0 Å². The van der Waals surface area contributed by atoms with Crippen molar-refractivity contribution in [2.24, 2.45) is 0 Å². The highest BCUT2D eigenvalue weighted by atomic mass is 16.5. The summed E-state index contributed by atoms with van der Waals surface area (Å²) in [4.78, 5) is 15.4. The van der Waals surface area contributed by atoms with E-state index < -0.39 is 5.66 Å². The van der Waals surface area contributed by atoms with Crippen molar-refractivity contribution in [2.45, 2.75) is 50.5 Å². The molecule has 3 heterocycles. The van der Waals surface area contributed by atoms with Gasteiger partial charge in [-0.25, -0.2) is 0 Å². The molecule has 0 aliphatic carbocycles. The molecule has 164 valence electrons. The molecule has 0 spiro atoms. The summed E-state index contributed by atoms with van der Waals surface area (Å²) in [5, 5.41) is 3.63. The zero-order valence-electron chi connectivity index (χ0n) is 18.0. The molecule has 0 aromatic heterocycles. The van der Waals surface area contributed by atoms with E-state index in [9.17, 15) is 4.79 Å². The maximum absolute atomic E-state index is 13.5. The number of fused-ring (bicyclic) bond motifs is 1. The number of hydrogen-bond acceptors (Lipinski definition) is 5. The lowest BCUT2D eigenvalue weighted by atomic mass is 9.93. The summed E-state index contributed by atoms with van der Waals surface area (Å²) < 4.78 is 17.4. The number of anilines is 1. The van der Waals surface area contributed by atoms with Gasteiger partial charge in [-0.05, 0) is 62.4 Å². The van der Waals surface area contributed by atoms with Crippen molar-refractivity contribution in [3.8, 4) is 5.75 Å². The molecule has 6 heteroatoms. The van der Waals surface area contributed by atoms with Gasteiger partial charge in [0.05, 0.1) is 17.8 Å². The molecule has 3 unspecified atom stereocenters.